The molecule has 0 radical (unpaired) electrons. The number of carbonyl (C=O) groups excluding carboxylic acids is 2. The molecule has 1 fully saturated rings. The number of amides is 1. The summed E-state index contributed by atoms with van der Waals surface area (Å²) < 4.78 is 9.31. The van der Waals surface area contributed by atoms with E-state index in [2.05, 4.69) is 4.74 Å². The fourth-order valence-electron chi connectivity index (χ4n) is 1.21. The van der Waals surface area contributed by atoms with Gasteiger partial charge in [0.15, 0.2) is 6.04 Å². The summed E-state index contributed by atoms with van der Waals surface area (Å²) in [6.45, 7) is 1.66. The highest BCUT2D eigenvalue weighted by atomic mass is 16.6. The molecule has 1 saturated heterocycles. The Morgan fingerprint density at radius 3 is 2.58 bits per heavy atom. The van der Waals surface area contributed by atoms with Crippen molar-refractivity contribution >= 4 is 12.1 Å². The summed E-state index contributed by atoms with van der Waals surface area (Å²) in [5.74, 6) is -0.448. The highest BCUT2D eigenvalue weighted by molar-refractivity contribution is 5.84. The topological polar surface area (TPSA) is 55.8 Å². The normalized spacial score (nSPS) is 28.6. The Morgan fingerprint density at radius 1 is 1.67 bits per heavy atom. The van der Waals surface area contributed by atoms with Crippen LogP contribution in [0.25, 0.3) is 0 Å². The number of carbonyl (C=O) groups is 2. The molecule has 1 aliphatic rings. The van der Waals surface area contributed by atoms with Gasteiger partial charge in [0.25, 0.3) is 0 Å². The van der Waals surface area contributed by atoms with Crippen molar-refractivity contribution in [3.05, 3.63) is 0 Å². The van der Waals surface area contributed by atoms with Crippen LogP contribution in [-0.4, -0.2) is 43.3 Å². The van der Waals surface area contributed by atoms with Gasteiger partial charge in [-0.05, 0) is 6.92 Å². The van der Waals surface area contributed by atoms with Crippen molar-refractivity contribution in [2.75, 3.05) is 14.2 Å². The van der Waals surface area contributed by atoms with E-state index in [0.29, 0.717) is 0 Å². The third-order valence-electron chi connectivity index (χ3n) is 1.88. The predicted octanol–water partition coefficient (Wildman–Crippen LogP) is -0.00150. The smallest absolute Gasteiger partial charge is 0.410 e. The second-order valence-corrected chi connectivity index (χ2v) is 2.67. The first kappa shape index (κ1) is 8.83. The van der Waals surface area contributed by atoms with Crippen LogP contribution in [0.4, 0.5) is 4.79 Å². The summed E-state index contributed by atoms with van der Waals surface area (Å²) in [4.78, 5) is 23.2. The molecule has 0 aromatic carbocycles. The van der Waals surface area contributed by atoms with E-state index in [4.69, 9.17) is 4.74 Å². The predicted molar refractivity (Wildman–Crippen MR) is 39.5 cm³/mol. The average Bonchev–Trinajstić information content (AvgIpc) is 2.26. The summed E-state index contributed by atoms with van der Waals surface area (Å²) >= 11 is 0. The summed E-state index contributed by atoms with van der Waals surface area (Å²) in [5.41, 5.74) is 0. The Balaban J connectivity index is 2.76. The zero-order valence-electron chi connectivity index (χ0n) is 7.23. The van der Waals surface area contributed by atoms with Crippen LogP contribution in [0.15, 0.2) is 0 Å². The molecule has 1 aliphatic heterocycles. The van der Waals surface area contributed by atoms with E-state index in [1.807, 2.05) is 0 Å². The van der Waals surface area contributed by atoms with Gasteiger partial charge in [0, 0.05) is 7.05 Å². The van der Waals surface area contributed by atoms with Gasteiger partial charge in [0.05, 0.1) is 7.11 Å². The van der Waals surface area contributed by atoms with Crippen LogP contribution >= 0.6 is 0 Å². The molecule has 1 heterocycles. The molecule has 0 saturated carbocycles. The van der Waals surface area contributed by atoms with Crippen molar-refractivity contribution in [1.29, 1.82) is 0 Å². The molecule has 0 aliphatic carbocycles. The molecule has 5 nitrogen and oxygen atoms in total. The molecular formula is C7H11NO4. The number of esters is 1. The van der Waals surface area contributed by atoms with Gasteiger partial charge in [-0.15, -0.1) is 0 Å². The minimum Gasteiger partial charge on any atom is -0.467 e. The number of nitrogens with zero attached hydrogens (tertiary/aromatic N) is 1. The van der Waals surface area contributed by atoms with Crippen LogP contribution in [0.2, 0.25) is 0 Å². The molecule has 5 heteroatoms. The quantitative estimate of drug-likeness (QED) is 0.524. The molecule has 1 rings (SSSR count). The van der Waals surface area contributed by atoms with Crippen LogP contribution < -0.4 is 0 Å². The van der Waals surface area contributed by atoms with Crippen molar-refractivity contribution < 1.29 is 19.1 Å². The standard InChI is InChI=1S/C7H11NO4/c1-4-5(6(9)11-3)8(2)7(10)12-4/h4-5H,1-3H3. The first-order valence-electron chi connectivity index (χ1n) is 3.59. The van der Waals surface area contributed by atoms with E-state index < -0.39 is 24.2 Å². The highest BCUT2D eigenvalue weighted by Gasteiger charge is 2.42. The monoisotopic (exact) mass is 173 g/mol. The number of hydrogen-bond donors (Lipinski definition) is 0. The fourth-order valence-corrected chi connectivity index (χ4v) is 1.21. The first-order chi connectivity index (χ1) is 5.57. The number of rotatable bonds is 1. The minimum atomic E-state index is -0.609. The molecular weight excluding hydrogens is 162 g/mol. The molecule has 0 bridgehead atoms. The highest BCUT2D eigenvalue weighted by Crippen LogP contribution is 2.17. The Morgan fingerprint density at radius 2 is 2.25 bits per heavy atom. The molecule has 2 unspecified atom stereocenters. The fraction of sp³-hybridized carbons (Fsp3) is 0.714. The number of likely N-dealkylation sites (N-methyl/N-ethyl adjacent to an activating group) is 1. The largest absolute Gasteiger partial charge is 0.467 e. The van der Waals surface area contributed by atoms with Gasteiger partial charge in [0.1, 0.15) is 6.10 Å². The van der Waals surface area contributed by atoms with Gasteiger partial charge >= 0.3 is 12.1 Å². The summed E-state index contributed by atoms with van der Waals surface area (Å²) in [6.07, 6.45) is -0.923. The number of methoxy groups -OCH3 is 1. The van der Waals surface area contributed by atoms with Gasteiger partial charge in [-0.25, -0.2) is 9.59 Å². The maximum absolute atomic E-state index is 11.1. The van der Waals surface area contributed by atoms with Crippen molar-refractivity contribution in [3.63, 3.8) is 0 Å². The van der Waals surface area contributed by atoms with Crippen molar-refractivity contribution in [2.24, 2.45) is 0 Å². The lowest BCUT2D eigenvalue weighted by molar-refractivity contribution is -0.146. The van der Waals surface area contributed by atoms with E-state index in [1.54, 1.807) is 6.92 Å². The Labute approximate surface area is 70.2 Å². The van der Waals surface area contributed by atoms with Gasteiger partial charge in [0.2, 0.25) is 0 Å². The molecule has 12 heavy (non-hydrogen) atoms. The van der Waals surface area contributed by atoms with Crippen LogP contribution in [0.3, 0.4) is 0 Å². The maximum Gasteiger partial charge on any atom is 0.410 e. The summed E-state index contributed by atoms with van der Waals surface area (Å²) in [7, 11) is 2.79. The number of ether oxygens (including phenoxy) is 2. The Kier molecular flexibility index (Phi) is 2.21. The van der Waals surface area contributed by atoms with Crippen molar-refractivity contribution in [2.45, 2.75) is 19.1 Å². The van der Waals surface area contributed by atoms with Crippen LogP contribution in [-0.2, 0) is 14.3 Å². The summed E-state index contributed by atoms with van der Waals surface area (Å²) in [5, 5.41) is 0. The van der Waals surface area contributed by atoms with Gasteiger partial charge in [-0.3, -0.25) is 4.90 Å². The van der Waals surface area contributed by atoms with E-state index in [0.717, 1.165) is 0 Å². The minimum absolute atomic E-state index is 0.435. The van der Waals surface area contributed by atoms with Gasteiger partial charge < -0.3 is 9.47 Å². The Hall–Kier alpha value is -1.26. The second kappa shape index (κ2) is 3.00. The zero-order valence-corrected chi connectivity index (χ0v) is 7.23. The van der Waals surface area contributed by atoms with Crippen molar-refractivity contribution in [3.8, 4) is 0 Å². The molecule has 0 aromatic rings. The summed E-state index contributed by atoms with van der Waals surface area (Å²) in [6, 6.07) is -0.609. The third-order valence-corrected chi connectivity index (χ3v) is 1.88. The zero-order chi connectivity index (χ0) is 9.30. The number of cyclic esters (lactones) is 1. The lowest BCUT2D eigenvalue weighted by Gasteiger charge is -2.15. The SMILES string of the molecule is COC(=O)C1C(C)OC(=O)N1C. The second-order valence-electron chi connectivity index (χ2n) is 2.67. The lowest BCUT2D eigenvalue weighted by atomic mass is 10.2. The molecule has 68 valence electrons. The maximum atomic E-state index is 11.1. The Bertz CT molecular complexity index is 215. The van der Waals surface area contributed by atoms with E-state index in [9.17, 15) is 9.59 Å². The van der Waals surface area contributed by atoms with Gasteiger partial charge in [-0.2, -0.15) is 0 Å². The first-order valence-corrected chi connectivity index (χ1v) is 3.59. The average molecular weight is 173 g/mol. The molecule has 0 spiro atoms. The lowest BCUT2D eigenvalue weighted by Crippen LogP contribution is -2.40. The molecule has 2 atom stereocenters. The van der Waals surface area contributed by atoms with E-state index >= 15 is 0 Å². The van der Waals surface area contributed by atoms with E-state index in [1.165, 1.54) is 19.1 Å². The van der Waals surface area contributed by atoms with E-state index in [-0.39, 0.29) is 0 Å². The van der Waals surface area contributed by atoms with Crippen LogP contribution in [0.5, 0.6) is 0 Å². The molecule has 1 amide bonds. The third kappa shape index (κ3) is 1.22. The van der Waals surface area contributed by atoms with Gasteiger partial charge in [-0.1, -0.05) is 0 Å². The number of hydrogen-bond acceptors (Lipinski definition) is 4. The molecule has 0 aromatic heterocycles. The van der Waals surface area contributed by atoms with Crippen LogP contribution in [0, 0.1) is 0 Å². The van der Waals surface area contributed by atoms with Crippen molar-refractivity contribution in [1.82, 2.24) is 4.90 Å². The molecule has 0 N–H and O–H groups in total. The van der Waals surface area contributed by atoms with Crippen LogP contribution in [0.1, 0.15) is 6.92 Å².